The predicted octanol–water partition coefficient (Wildman–Crippen LogP) is 3.11. The van der Waals surface area contributed by atoms with Crippen LogP contribution in [0.5, 0.6) is 0 Å². The van der Waals surface area contributed by atoms with Gasteiger partial charge in [-0.1, -0.05) is 37.3 Å². The van der Waals surface area contributed by atoms with E-state index < -0.39 is 0 Å². The molecule has 0 aliphatic rings. The molecule has 0 unspecified atom stereocenters. The number of thiazole rings is 1. The first-order valence-corrected chi connectivity index (χ1v) is 7.40. The minimum atomic E-state index is 0.734. The van der Waals surface area contributed by atoms with Gasteiger partial charge in [0.2, 0.25) is 0 Å². The molecular weight excluding hydrogens is 256 g/mol. The second-order valence-corrected chi connectivity index (χ2v) is 5.44. The molecule has 2 rings (SSSR count). The molecule has 0 saturated heterocycles. The van der Waals surface area contributed by atoms with Crippen LogP contribution in [0.2, 0.25) is 0 Å². The Bertz CT molecular complexity index is 496. The van der Waals surface area contributed by atoms with Gasteiger partial charge in [-0.2, -0.15) is 0 Å². The molecule has 1 aromatic heterocycles. The van der Waals surface area contributed by atoms with Crippen LogP contribution in [0.25, 0.3) is 11.3 Å². The number of aryl methyl sites for hydroxylation is 1. The zero-order valence-corrected chi connectivity index (χ0v) is 12.3. The number of nitrogens with one attached hydrogen (secondary N) is 1. The molecular formula is C15H20N2OS. The molecule has 102 valence electrons. The van der Waals surface area contributed by atoms with E-state index in [4.69, 9.17) is 9.72 Å². The SMILES string of the molecule is CCc1sc(CNCCOC)nc1-c1ccccc1. The Morgan fingerprint density at radius 1 is 1.26 bits per heavy atom. The van der Waals surface area contributed by atoms with Crippen LogP contribution in [0.4, 0.5) is 0 Å². The van der Waals surface area contributed by atoms with Gasteiger partial charge in [0.25, 0.3) is 0 Å². The Labute approximate surface area is 118 Å². The fourth-order valence-corrected chi connectivity index (χ4v) is 2.91. The number of methoxy groups -OCH3 is 1. The maximum Gasteiger partial charge on any atom is 0.107 e. The van der Waals surface area contributed by atoms with E-state index in [0.29, 0.717) is 0 Å². The Balaban J connectivity index is 2.09. The van der Waals surface area contributed by atoms with Gasteiger partial charge >= 0.3 is 0 Å². The highest BCUT2D eigenvalue weighted by Crippen LogP contribution is 2.28. The largest absolute Gasteiger partial charge is 0.383 e. The van der Waals surface area contributed by atoms with Crippen molar-refractivity contribution < 1.29 is 4.74 Å². The number of aromatic nitrogens is 1. The first-order chi connectivity index (χ1) is 9.35. The van der Waals surface area contributed by atoms with Gasteiger partial charge in [0.15, 0.2) is 0 Å². The van der Waals surface area contributed by atoms with Gasteiger partial charge in [-0.05, 0) is 6.42 Å². The number of ether oxygens (including phenoxy) is 1. The van der Waals surface area contributed by atoms with E-state index in [9.17, 15) is 0 Å². The highest BCUT2D eigenvalue weighted by molar-refractivity contribution is 7.12. The van der Waals surface area contributed by atoms with E-state index in [1.54, 1.807) is 18.4 Å². The quantitative estimate of drug-likeness (QED) is 0.789. The van der Waals surface area contributed by atoms with E-state index in [-0.39, 0.29) is 0 Å². The van der Waals surface area contributed by atoms with Crippen molar-refractivity contribution in [3.8, 4) is 11.3 Å². The molecule has 3 nitrogen and oxygen atoms in total. The maximum atomic E-state index is 5.02. The lowest BCUT2D eigenvalue weighted by atomic mass is 10.1. The molecule has 4 heteroatoms. The third kappa shape index (κ3) is 3.86. The summed E-state index contributed by atoms with van der Waals surface area (Å²) in [5, 5.41) is 4.49. The molecule has 0 radical (unpaired) electrons. The fourth-order valence-electron chi connectivity index (χ4n) is 1.91. The summed E-state index contributed by atoms with van der Waals surface area (Å²) in [5.74, 6) is 0. The van der Waals surface area contributed by atoms with Crippen LogP contribution in [0.15, 0.2) is 30.3 Å². The zero-order chi connectivity index (χ0) is 13.5. The summed E-state index contributed by atoms with van der Waals surface area (Å²) in [5.41, 5.74) is 2.34. The predicted molar refractivity (Wildman–Crippen MR) is 80.5 cm³/mol. The van der Waals surface area contributed by atoms with Crippen molar-refractivity contribution in [1.29, 1.82) is 0 Å². The number of rotatable bonds is 7. The van der Waals surface area contributed by atoms with Crippen molar-refractivity contribution in [3.05, 3.63) is 40.2 Å². The molecule has 0 atom stereocenters. The number of hydrogen-bond acceptors (Lipinski definition) is 4. The average molecular weight is 276 g/mol. The lowest BCUT2D eigenvalue weighted by molar-refractivity contribution is 0.199. The Morgan fingerprint density at radius 3 is 2.74 bits per heavy atom. The summed E-state index contributed by atoms with van der Waals surface area (Å²) < 4.78 is 5.02. The lowest BCUT2D eigenvalue weighted by Gasteiger charge is -2.00. The summed E-state index contributed by atoms with van der Waals surface area (Å²) in [4.78, 5) is 6.12. The summed E-state index contributed by atoms with van der Waals surface area (Å²) >= 11 is 1.80. The highest BCUT2D eigenvalue weighted by atomic mass is 32.1. The van der Waals surface area contributed by atoms with E-state index in [1.807, 2.05) is 6.07 Å². The van der Waals surface area contributed by atoms with E-state index in [1.165, 1.54) is 10.4 Å². The first-order valence-electron chi connectivity index (χ1n) is 6.58. The minimum Gasteiger partial charge on any atom is -0.383 e. The molecule has 0 amide bonds. The molecule has 0 aliphatic heterocycles. The van der Waals surface area contributed by atoms with Crippen molar-refractivity contribution in [2.75, 3.05) is 20.3 Å². The molecule has 1 aromatic carbocycles. The van der Waals surface area contributed by atoms with Gasteiger partial charge in [0.1, 0.15) is 5.01 Å². The first kappa shape index (κ1) is 14.2. The van der Waals surface area contributed by atoms with Gasteiger partial charge in [-0.25, -0.2) is 4.98 Å². The molecule has 19 heavy (non-hydrogen) atoms. The van der Waals surface area contributed by atoms with Crippen LogP contribution in [-0.2, 0) is 17.7 Å². The third-order valence-electron chi connectivity index (χ3n) is 2.87. The molecule has 0 spiro atoms. The van der Waals surface area contributed by atoms with Crippen molar-refractivity contribution in [2.24, 2.45) is 0 Å². The Hall–Kier alpha value is -1.23. The van der Waals surface area contributed by atoms with Crippen LogP contribution in [0.1, 0.15) is 16.8 Å². The molecule has 1 N–H and O–H groups in total. The summed E-state index contributed by atoms with van der Waals surface area (Å²) in [7, 11) is 1.72. The Kier molecular flexibility index (Phi) is 5.51. The highest BCUT2D eigenvalue weighted by Gasteiger charge is 2.11. The average Bonchev–Trinajstić information content (AvgIpc) is 2.88. The van der Waals surface area contributed by atoms with Crippen LogP contribution in [0.3, 0.4) is 0 Å². The summed E-state index contributed by atoms with van der Waals surface area (Å²) in [6.07, 6.45) is 1.03. The van der Waals surface area contributed by atoms with Gasteiger partial charge < -0.3 is 10.1 Å². The third-order valence-corrected chi connectivity index (χ3v) is 4.07. The molecule has 0 bridgehead atoms. The molecule has 0 aliphatic carbocycles. The van der Waals surface area contributed by atoms with Crippen LogP contribution in [-0.4, -0.2) is 25.2 Å². The van der Waals surface area contributed by atoms with Crippen LogP contribution >= 0.6 is 11.3 Å². The molecule has 2 aromatic rings. The number of hydrogen-bond donors (Lipinski definition) is 1. The second-order valence-electron chi connectivity index (χ2n) is 4.27. The Morgan fingerprint density at radius 2 is 2.05 bits per heavy atom. The van der Waals surface area contributed by atoms with Gasteiger partial charge in [-0.15, -0.1) is 11.3 Å². The van der Waals surface area contributed by atoms with Crippen molar-refractivity contribution in [3.63, 3.8) is 0 Å². The topological polar surface area (TPSA) is 34.1 Å². The van der Waals surface area contributed by atoms with Gasteiger partial charge in [0.05, 0.1) is 12.3 Å². The molecule has 1 heterocycles. The zero-order valence-electron chi connectivity index (χ0n) is 11.5. The maximum absolute atomic E-state index is 5.02. The van der Waals surface area contributed by atoms with Crippen molar-refractivity contribution in [1.82, 2.24) is 10.3 Å². The van der Waals surface area contributed by atoms with Gasteiger partial charge in [0, 0.05) is 30.6 Å². The summed E-state index contributed by atoms with van der Waals surface area (Å²) in [6, 6.07) is 10.4. The van der Waals surface area contributed by atoms with Crippen LogP contribution in [0, 0.1) is 0 Å². The smallest absolute Gasteiger partial charge is 0.107 e. The van der Waals surface area contributed by atoms with Crippen molar-refractivity contribution in [2.45, 2.75) is 19.9 Å². The summed E-state index contributed by atoms with van der Waals surface area (Å²) in [6.45, 7) is 4.59. The lowest BCUT2D eigenvalue weighted by Crippen LogP contribution is -2.18. The standard InChI is InChI=1S/C15H20N2OS/c1-3-13-15(12-7-5-4-6-8-12)17-14(19-13)11-16-9-10-18-2/h4-8,16H,3,9-11H2,1-2H3. The minimum absolute atomic E-state index is 0.734. The number of benzene rings is 1. The fraction of sp³-hybridized carbons (Fsp3) is 0.400. The monoisotopic (exact) mass is 276 g/mol. The molecule has 0 fully saturated rings. The van der Waals surface area contributed by atoms with Crippen molar-refractivity contribution >= 4 is 11.3 Å². The number of nitrogens with zero attached hydrogens (tertiary/aromatic N) is 1. The van der Waals surface area contributed by atoms with E-state index in [0.717, 1.165) is 36.8 Å². The second kappa shape index (κ2) is 7.38. The normalized spacial score (nSPS) is 10.8. The van der Waals surface area contributed by atoms with Crippen LogP contribution < -0.4 is 5.32 Å². The van der Waals surface area contributed by atoms with E-state index >= 15 is 0 Å². The molecule has 0 saturated carbocycles. The van der Waals surface area contributed by atoms with Gasteiger partial charge in [-0.3, -0.25) is 0 Å². The van der Waals surface area contributed by atoms with E-state index in [2.05, 4.69) is 36.5 Å².